The topological polar surface area (TPSA) is 59.0 Å². The molecule has 0 aliphatic rings. The van der Waals surface area contributed by atoms with Crippen molar-refractivity contribution in [3.63, 3.8) is 0 Å². The maximum Gasteiger partial charge on any atom is 0.193 e. The molecule has 6 nitrogen and oxygen atoms in total. The second kappa shape index (κ2) is 10.9. The minimum Gasteiger partial charge on any atom is -0.494 e. The number of nitrogens with one attached hydrogen (secondary N) is 1. The molecule has 0 aliphatic heterocycles. The van der Waals surface area contributed by atoms with Gasteiger partial charge in [0.15, 0.2) is 5.96 Å². The van der Waals surface area contributed by atoms with Crippen LogP contribution in [0.1, 0.15) is 35.7 Å². The Bertz CT molecular complexity index is 715. The van der Waals surface area contributed by atoms with Gasteiger partial charge in [-0.25, -0.2) is 4.98 Å². The summed E-state index contributed by atoms with van der Waals surface area (Å²) in [5.41, 5.74) is 2.26. The summed E-state index contributed by atoms with van der Waals surface area (Å²) in [6.45, 7) is 6.24. The highest BCUT2D eigenvalue weighted by Gasteiger charge is 2.12. The number of thiazole rings is 1. The van der Waals surface area contributed by atoms with E-state index in [0.717, 1.165) is 35.4 Å². The average Bonchev–Trinajstić information content (AvgIpc) is 3.13. The van der Waals surface area contributed by atoms with Gasteiger partial charge in [0.05, 0.1) is 18.8 Å². The number of guanidine groups is 1. The summed E-state index contributed by atoms with van der Waals surface area (Å²) in [6.07, 6.45) is 0.924. The quantitative estimate of drug-likeness (QED) is 0.402. The van der Waals surface area contributed by atoms with Crippen molar-refractivity contribution in [3.8, 4) is 5.75 Å². The summed E-state index contributed by atoms with van der Waals surface area (Å²) < 4.78 is 11.1. The highest BCUT2D eigenvalue weighted by molar-refractivity contribution is 7.09. The van der Waals surface area contributed by atoms with Crippen LogP contribution in [0, 0.1) is 6.92 Å². The molecule has 7 heteroatoms. The fourth-order valence-electron chi connectivity index (χ4n) is 2.48. The third-order valence-corrected chi connectivity index (χ3v) is 5.19. The number of hydrogen-bond donors (Lipinski definition) is 1. The lowest BCUT2D eigenvalue weighted by molar-refractivity contribution is 0.119. The molecule has 148 valence electrons. The van der Waals surface area contributed by atoms with Gasteiger partial charge in [-0.1, -0.05) is 17.7 Å². The summed E-state index contributed by atoms with van der Waals surface area (Å²) >= 11 is 1.63. The van der Waals surface area contributed by atoms with Crippen LogP contribution in [0.2, 0.25) is 0 Å². The Kier molecular flexibility index (Phi) is 8.54. The number of aryl methyl sites for hydroxylation is 1. The van der Waals surface area contributed by atoms with Crippen molar-refractivity contribution < 1.29 is 9.47 Å². The highest BCUT2D eigenvalue weighted by Crippen LogP contribution is 2.20. The molecule has 0 saturated carbocycles. The Morgan fingerprint density at radius 3 is 2.74 bits per heavy atom. The highest BCUT2D eigenvalue weighted by atomic mass is 32.1. The molecule has 1 aromatic carbocycles. The van der Waals surface area contributed by atoms with Crippen molar-refractivity contribution in [2.45, 2.75) is 32.9 Å². The molecular weight excluding hydrogens is 360 g/mol. The number of nitrogens with zero attached hydrogens (tertiary/aromatic N) is 3. The zero-order valence-electron chi connectivity index (χ0n) is 16.9. The van der Waals surface area contributed by atoms with Gasteiger partial charge in [-0.15, -0.1) is 11.3 Å². The van der Waals surface area contributed by atoms with Gasteiger partial charge < -0.3 is 19.7 Å². The lowest BCUT2D eigenvalue weighted by atomic mass is 10.2. The van der Waals surface area contributed by atoms with Gasteiger partial charge in [0.1, 0.15) is 16.9 Å². The van der Waals surface area contributed by atoms with E-state index in [2.05, 4.69) is 44.6 Å². The van der Waals surface area contributed by atoms with Crippen molar-refractivity contribution in [1.82, 2.24) is 15.2 Å². The van der Waals surface area contributed by atoms with Crippen LogP contribution >= 0.6 is 11.3 Å². The van der Waals surface area contributed by atoms with Gasteiger partial charge in [0.2, 0.25) is 0 Å². The predicted octanol–water partition coefficient (Wildman–Crippen LogP) is 3.64. The van der Waals surface area contributed by atoms with E-state index in [4.69, 9.17) is 9.47 Å². The second-order valence-electron chi connectivity index (χ2n) is 6.40. The van der Waals surface area contributed by atoms with Gasteiger partial charge in [0.25, 0.3) is 0 Å². The summed E-state index contributed by atoms with van der Waals surface area (Å²) in [4.78, 5) is 11.1. The van der Waals surface area contributed by atoms with Crippen molar-refractivity contribution in [2.24, 2.45) is 4.99 Å². The fourth-order valence-corrected chi connectivity index (χ4v) is 3.32. The van der Waals surface area contributed by atoms with E-state index in [1.165, 1.54) is 5.56 Å². The van der Waals surface area contributed by atoms with E-state index < -0.39 is 0 Å². The Hall–Kier alpha value is -2.12. The van der Waals surface area contributed by atoms with Crippen molar-refractivity contribution in [2.75, 3.05) is 34.4 Å². The molecule has 1 heterocycles. The summed E-state index contributed by atoms with van der Waals surface area (Å²) in [7, 11) is 5.50. The van der Waals surface area contributed by atoms with Crippen molar-refractivity contribution in [1.29, 1.82) is 0 Å². The Labute approximate surface area is 166 Å². The minimum absolute atomic E-state index is 0.0278. The first kappa shape index (κ1) is 21.2. The van der Waals surface area contributed by atoms with Crippen LogP contribution in [0.25, 0.3) is 0 Å². The second-order valence-corrected chi connectivity index (χ2v) is 7.29. The molecule has 0 aliphatic carbocycles. The maximum atomic E-state index is 5.75. The van der Waals surface area contributed by atoms with Crippen LogP contribution in [-0.2, 0) is 11.3 Å². The van der Waals surface area contributed by atoms with E-state index >= 15 is 0 Å². The van der Waals surface area contributed by atoms with Crippen LogP contribution in [0.15, 0.2) is 34.6 Å². The number of aromatic nitrogens is 1. The van der Waals surface area contributed by atoms with Gasteiger partial charge in [-0.2, -0.15) is 0 Å². The third kappa shape index (κ3) is 6.84. The number of rotatable bonds is 9. The Morgan fingerprint density at radius 2 is 2.07 bits per heavy atom. The summed E-state index contributed by atoms with van der Waals surface area (Å²) in [6, 6.07) is 8.12. The molecule has 1 unspecified atom stereocenters. The largest absolute Gasteiger partial charge is 0.494 e. The normalized spacial score (nSPS) is 12.7. The van der Waals surface area contributed by atoms with Gasteiger partial charge in [0, 0.05) is 33.1 Å². The average molecular weight is 391 g/mol. The summed E-state index contributed by atoms with van der Waals surface area (Å²) in [5, 5.41) is 6.44. The standard InChI is InChI=1S/C20H30N4O2S/c1-15-7-9-18(10-8-15)26-12-6-11-22-20(21-3)24(4)13-17-14-27-19(23-17)16(2)25-5/h7-10,14,16H,6,11-13H2,1-5H3,(H,21,22). The van der Waals surface area contributed by atoms with Gasteiger partial charge >= 0.3 is 0 Å². The van der Waals surface area contributed by atoms with Gasteiger partial charge in [-0.3, -0.25) is 4.99 Å². The SMILES string of the molecule is CN=C(NCCCOc1ccc(C)cc1)N(C)Cc1csc(C(C)OC)n1. The first-order chi connectivity index (χ1) is 13.0. The molecule has 2 rings (SSSR count). The van der Waals surface area contributed by atoms with E-state index in [1.807, 2.05) is 26.1 Å². The van der Waals surface area contributed by atoms with E-state index in [1.54, 1.807) is 25.5 Å². The first-order valence-electron chi connectivity index (χ1n) is 9.11. The fraction of sp³-hybridized carbons (Fsp3) is 0.500. The molecule has 0 spiro atoms. The minimum atomic E-state index is 0.0278. The molecule has 0 saturated heterocycles. The number of benzene rings is 1. The smallest absolute Gasteiger partial charge is 0.193 e. The van der Waals surface area contributed by atoms with E-state index in [-0.39, 0.29) is 6.10 Å². The molecule has 1 aromatic heterocycles. The Morgan fingerprint density at radius 1 is 1.33 bits per heavy atom. The molecule has 0 amide bonds. The molecule has 0 bridgehead atoms. The van der Waals surface area contributed by atoms with Crippen molar-refractivity contribution >= 4 is 17.3 Å². The van der Waals surface area contributed by atoms with Crippen LogP contribution < -0.4 is 10.1 Å². The number of ether oxygens (including phenoxy) is 2. The third-order valence-electron chi connectivity index (χ3n) is 4.14. The zero-order chi connectivity index (χ0) is 19.6. The molecule has 1 N–H and O–H groups in total. The number of hydrogen-bond acceptors (Lipinski definition) is 5. The van der Waals surface area contributed by atoms with E-state index in [9.17, 15) is 0 Å². The van der Waals surface area contributed by atoms with Gasteiger partial charge in [-0.05, 0) is 32.4 Å². The molecule has 2 aromatic rings. The summed E-state index contributed by atoms with van der Waals surface area (Å²) in [5.74, 6) is 1.76. The lowest BCUT2D eigenvalue weighted by Gasteiger charge is -2.21. The van der Waals surface area contributed by atoms with Crippen molar-refractivity contribution in [3.05, 3.63) is 45.9 Å². The van der Waals surface area contributed by atoms with Crippen LogP contribution in [0.5, 0.6) is 5.75 Å². The van der Waals surface area contributed by atoms with E-state index in [0.29, 0.717) is 13.2 Å². The molecule has 1 atom stereocenters. The molecule has 0 radical (unpaired) electrons. The Balaban J connectivity index is 1.72. The molecule has 0 fully saturated rings. The van der Waals surface area contributed by atoms with Crippen LogP contribution in [-0.4, -0.2) is 50.2 Å². The monoisotopic (exact) mass is 390 g/mol. The number of methoxy groups -OCH3 is 1. The zero-order valence-corrected chi connectivity index (χ0v) is 17.7. The maximum absolute atomic E-state index is 5.75. The van der Waals surface area contributed by atoms with Crippen LogP contribution in [0.3, 0.4) is 0 Å². The molecular formula is C20H30N4O2S. The first-order valence-corrected chi connectivity index (χ1v) is 9.99. The predicted molar refractivity (Wildman–Crippen MR) is 112 cm³/mol. The molecule has 27 heavy (non-hydrogen) atoms. The van der Waals surface area contributed by atoms with Crippen LogP contribution in [0.4, 0.5) is 0 Å². The number of aliphatic imine (C=N–C) groups is 1. The lowest BCUT2D eigenvalue weighted by Crippen LogP contribution is -2.39.